The first-order valence-corrected chi connectivity index (χ1v) is 5.26. The summed E-state index contributed by atoms with van der Waals surface area (Å²) in [6, 6.07) is 3.22. The van der Waals surface area contributed by atoms with Crippen LogP contribution in [0.3, 0.4) is 0 Å². The van der Waals surface area contributed by atoms with Crippen molar-refractivity contribution in [3.8, 4) is 5.88 Å². The van der Waals surface area contributed by atoms with Crippen molar-refractivity contribution in [1.29, 1.82) is 0 Å². The van der Waals surface area contributed by atoms with Crippen molar-refractivity contribution in [3.63, 3.8) is 0 Å². The zero-order valence-electron chi connectivity index (χ0n) is 10.1. The highest BCUT2D eigenvalue weighted by Gasteiger charge is 2.10. The van der Waals surface area contributed by atoms with E-state index in [0.717, 1.165) is 0 Å². The molecule has 1 amide bonds. The van der Waals surface area contributed by atoms with Gasteiger partial charge < -0.3 is 15.8 Å². The number of aryl methyl sites for hydroxylation is 1. The molecular weight excluding hydrogens is 236 g/mol. The van der Waals surface area contributed by atoms with Crippen molar-refractivity contribution in [2.75, 3.05) is 12.8 Å². The number of H-pyrrole nitrogens is 1. The quantitative estimate of drug-likeness (QED) is 0.687. The Morgan fingerprint density at radius 2 is 2.39 bits per heavy atom. The summed E-state index contributed by atoms with van der Waals surface area (Å²) in [7, 11) is 3.33. The number of hydrogen-bond acceptors (Lipinski definition) is 5. The van der Waals surface area contributed by atoms with E-state index < -0.39 is 0 Å². The van der Waals surface area contributed by atoms with Crippen molar-refractivity contribution in [1.82, 2.24) is 25.3 Å². The van der Waals surface area contributed by atoms with Crippen LogP contribution in [0.1, 0.15) is 16.2 Å². The van der Waals surface area contributed by atoms with Crippen LogP contribution in [0, 0.1) is 0 Å². The molecule has 8 heteroatoms. The zero-order chi connectivity index (χ0) is 13.1. The fourth-order valence-electron chi connectivity index (χ4n) is 1.50. The summed E-state index contributed by atoms with van der Waals surface area (Å²) in [5.74, 6) is 0.619. The number of nitrogens with one attached hydrogen (secondary N) is 2. The van der Waals surface area contributed by atoms with Gasteiger partial charge in [0.1, 0.15) is 11.5 Å². The van der Waals surface area contributed by atoms with Crippen LogP contribution < -0.4 is 15.8 Å². The number of aromatic nitrogens is 4. The first-order valence-electron chi connectivity index (χ1n) is 5.26. The van der Waals surface area contributed by atoms with Gasteiger partial charge in [-0.25, -0.2) is 4.68 Å². The van der Waals surface area contributed by atoms with E-state index in [9.17, 15) is 4.79 Å². The smallest absolute Gasteiger partial charge is 0.269 e. The maximum absolute atomic E-state index is 11.7. The van der Waals surface area contributed by atoms with Gasteiger partial charge in [0.2, 0.25) is 5.88 Å². The summed E-state index contributed by atoms with van der Waals surface area (Å²) < 4.78 is 6.67. The topological polar surface area (TPSA) is 111 Å². The lowest BCUT2D eigenvalue weighted by molar-refractivity contribution is 0.0945. The molecule has 2 rings (SSSR count). The van der Waals surface area contributed by atoms with E-state index in [-0.39, 0.29) is 11.7 Å². The van der Waals surface area contributed by atoms with Gasteiger partial charge in [-0.2, -0.15) is 10.2 Å². The van der Waals surface area contributed by atoms with Gasteiger partial charge in [-0.3, -0.25) is 9.89 Å². The third-order valence-corrected chi connectivity index (χ3v) is 2.37. The van der Waals surface area contributed by atoms with Gasteiger partial charge >= 0.3 is 0 Å². The molecule has 2 heterocycles. The second-order valence-corrected chi connectivity index (χ2v) is 3.69. The number of carbonyl (C=O) groups is 1. The van der Waals surface area contributed by atoms with Crippen LogP contribution in [0.2, 0.25) is 0 Å². The van der Waals surface area contributed by atoms with E-state index in [1.807, 2.05) is 0 Å². The highest BCUT2D eigenvalue weighted by Crippen LogP contribution is 2.10. The van der Waals surface area contributed by atoms with Crippen LogP contribution in [0.4, 0.5) is 5.82 Å². The third kappa shape index (κ3) is 2.42. The second-order valence-electron chi connectivity index (χ2n) is 3.69. The second kappa shape index (κ2) is 4.78. The van der Waals surface area contributed by atoms with Gasteiger partial charge in [0.25, 0.3) is 5.91 Å². The van der Waals surface area contributed by atoms with Gasteiger partial charge in [0, 0.05) is 19.2 Å². The largest absolute Gasteiger partial charge is 0.481 e. The molecule has 0 aliphatic heterocycles. The van der Waals surface area contributed by atoms with E-state index in [2.05, 4.69) is 20.6 Å². The molecule has 0 aliphatic rings. The Morgan fingerprint density at radius 1 is 1.61 bits per heavy atom. The predicted octanol–water partition coefficient (Wildman–Crippen LogP) is -0.336. The van der Waals surface area contributed by atoms with E-state index in [1.165, 1.54) is 6.07 Å². The minimum atomic E-state index is -0.288. The number of methoxy groups -OCH3 is 1. The van der Waals surface area contributed by atoms with E-state index in [0.29, 0.717) is 23.8 Å². The summed E-state index contributed by atoms with van der Waals surface area (Å²) in [5, 5.41) is 13.1. The Labute approximate surface area is 103 Å². The number of nitrogen functional groups attached to an aromatic ring is 1. The predicted molar refractivity (Wildman–Crippen MR) is 63.9 cm³/mol. The number of aromatic amines is 1. The Morgan fingerprint density at radius 3 is 2.94 bits per heavy atom. The number of amides is 1. The van der Waals surface area contributed by atoms with Crippen LogP contribution in [0.15, 0.2) is 12.1 Å². The third-order valence-electron chi connectivity index (χ3n) is 2.37. The first-order chi connectivity index (χ1) is 8.60. The Kier molecular flexibility index (Phi) is 3.18. The number of ether oxygens (including phenoxy) is 1. The molecular formula is C10H14N6O2. The minimum Gasteiger partial charge on any atom is -0.481 e. The van der Waals surface area contributed by atoms with Crippen LogP contribution in [-0.4, -0.2) is 33.0 Å². The highest BCUT2D eigenvalue weighted by molar-refractivity contribution is 5.92. The number of hydrogen-bond donors (Lipinski definition) is 3. The summed E-state index contributed by atoms with van der Waals surface area (Å²) in [6.45, 7) is 0.301. The molecule has 0 atom stereocenters. The number of rotatable bonds is 4. The van der Waals surface area contributed by atoms with E-state index in [1.54, 1.807) is 24.9 Å². The molecule has 0 unspecified atom stereocenters. The lowest BCUT2D eigenvalue weighted by Crippen LogP contribution is -2.23. The molecule has 0 saturated carbocycles. The molecule has 2 aromatic rings. The van der Waals surface area contributed by atoms with Gasteiger partial charge in [-0.15, -0.1) is 0 Å². The molecule has 0 radical (unpaired) electrons. The molecule has 0 saturated heterocycles. The average molecular weight is 250 g/mol. The standard InChI is InChI=1S/C10H14N6O2/c1-16-9(18-2)3-6(15-16)5-12-10(17)7-4-8(11)14-13-7/h3-4H,5H2,1-2H3,(H,12,17)(H3,11,13,14). The lowest BCUT2D eigenvalue weighted by Gasteiger charge is -1.99. The number of nitrogens with zero attached hydrogens (tertiary/aromatic N) is 3. The van der Waals surface area contributed by atoms with Crippen LogP contribution in [0.5, 0.6) is 5.88 Å². The molecule has 0 aromatic carbocycles. The van der Waals surface area contributed by atoms with Crippen molar-refractivity contribution >= 4 is 11.7 Å². The number of anilines is 1. The van der Waals surface area contributed by atoms with E-state index >= 15 is 0 Å². The summed E-state index contributed by atoms with van der Waals surface area (Å²) in [6.07, 6.45) is 0. The van der Waals surface area contributed by atoms with Crippen LogP contribution in [-0.2, 0) is 13.6 Å². The van der Waals surface area contributed by atoms with Crippen molar-refractivity contribution in [2.45, 2.75) is 6.54 Å². The monoisotopic (exact) mass is 250 g/mol. The molecule has 4 N–H and O–H groups in total. The van der Waals surface area contributed by atoms with E-state index in [4.69, 9.17) is 10.5 Å². The molecule has 0 fully saturated rings. The van der Waals surface area contributed by atoms with Crippen molar-refractivity contribution in [3.05, 3.63) is 23.5 Å². The van der Waals surface area contributed by atoms with Gasteiger partial charge in [-0.05, 0) is 0 Å². The Balaban J connectivity index is 1.97. The molecule has 2 aromatic heterocycles. The first kappa shape index (κ1) is 12.0. The fourth-order valence-corrected chi connectivity index (χ4v) is 1.50. The Hall–Kier alpha value is -2.51. The zero-order valence-corrected chi connectivity index (χ0v) is 10.1. The minimum absolute atomic E-state index is 0.277. The van der Waals surface area contributed by atoms with Crippen LogP contribution >= 0.6 is 0 Å². The maximum Gasteiger partial charge on any atom is 0.269 e. The van der Waals surface area contributed by atoms with Gasteiger partial charge in [-0.1, -0.05) is 0 Å². The maximum atomic E-state index is 11.7. The van der Waals surface area contributed by atoms with Gasteiger partial charge in [0.05, 0.1) is 19.3 Å². The normalized spacial score (nSPS) is 10.3. The summed E-state index contributed by atoms with van der Waals surface area (Å²) in [4.78, 5) is 11.7. The molecule has 18 heavy (non-hydrogen) atoms. The average Bonchev–Trinajstić information content (AvgIpc) is 2.92. The highest BCUT2D eigenvalue weighted by atomic mass is 16.5. The Bertz CT molecular complexity index is 558. The molecule has 8 nitrogen and oxygen atoms in total. The molecule has 0 aliphatic carbocycles. The molecule has 96 valence electrons. The summed E-state index contributed by atoms with van der Waals surface area (Å²) in [5.41, 5.74) is 6.43. The lowest BCUT2D eigenvalue weighted by atomic mass is 10.3. The van der Waals surface area contributed by atoms with Crippen LogP contribution in [0.25, 0.3) is 0 Å². The summed E-state index contributed by atoms with van der Waals surface area (Å²) >= 11 is 0. The van der Waals surface area contributed by atoms with Gasteiger partial charge in [0.15, 0.2) is 0 Å². The number of carbonyl (C=O) groups excluding carboxylic acids is 1. The van der Waals surface area contributed by atoms with Crippen molar-refractivity contribution < 1.29 is 9.53 Å². The molecule has 0 spiro atoms. The van der Waals surface area contributed by atoms with Crippen molar-refractivity contribution in [2.24, 2.45) is 7.05 Å². The fraction of sp³-hybridized carbons (Fsp3) is 0.300. The number of nitrogens with two attached hydrogens (primary N) is 1. The SMILES string of the molecule is COc1cc(CNC(=O)c2cc(N)n[nH]2)nn1C. The molecule has 0 bridgehead atoms.